The lowest BCUT2D eigenvalue weighted by Gasteiger charge is -2.34. The molecule has 5 nitrogen and oxygen atoms in total. The number of benzene rings is 1. The smallest absolute Gasteiger partial charge is 0.244 e. The molecule has 0 unspecified atom stereocenters. The normalized spacial score (nSPS) is 24.8. The fourth-order valence-electron chi connectivity index (χ4n) is 2.31. The van der Waals surface area contributed by atoms with Crippen molar-refractivity contribution in [3.05, 3.63) is 28.8 Å². The van der Waals surface area contributed by atoms with E-state index in [0.29, 0.717) is 18.7 Å². The Bertz CT molecular complexity index is 580. The molecule has 112 valence electrons. The number of rotatable bonds is 3. The molecule has 1 saturated heterocycles. The van der Waals surface area contributed by atoms with Gasteiger partial charge in [0.25, 0.3) is 0 Å². The maximum absolute atomic E-state index is 12.7. The highest BCUT2D eigenvalue weighted by Crippen LogP contribution is 2.28. The van der Waals surface area contributed by atoms with Gasteiger partial charge in [0.15, 0.2) is 0 Å². The third kappa shape index (κ3) is 3.15. The number of halogens is 1. The highest BCUT2D eigenvalue weighted by atomic mass is 35.5. The number of morpholine rings is 1. The van der Waals surface area contributed by atoms with E-state index in [9.17, 15) is 8.42 Å². The summed E-state index contributed by atoms with van der Waals surface area (Å²) < 4.78 is 32.3. The number of sulfonamides is 1. The van der Waals surface area contributed by atoms with Crippen molar-refractivity contribution in [2.45, 2.75) is 37.6 Å². The predicted octanol–water partition coefficient (Wildman–Crippen LogP) is 1.63. The summed E-state index contributed by atoms with van der Waals surface area (Å²) in [6, 6.07) is 4.52. The molecule has 0 amide bonds. The number of aliphatic hydroxyl groups is 1. The van der Waals surface area contributed by atoms with E-state index in [1.54, 1.807) is 6.07 Å². The standard InChI is InChI=1S/C13H18ClNO4S/c1-9-6-15(7-10(2)19-9)20(17,18)13-5-11(8-16)3-4-12(13)14/h3-5,9-10,16H,6-8H2,1-2H3/t9-,10+. The molecule has 1 N–H and O–H groups in total. The van der Waals surface area contributed by atoms with E-state index in [1.807, 2.05) is 13.8 Å². The Morgan fingerprint density at radius 1 is 1.35 bits per heavy atom. The van der Waals surface area contributed by atoms with Crippen LogP contribution in [0.25, 0.3) is 0 Å². The zero-order valence-corrected chi connectivity index (χ0v) is 13.0. The van der Waals surface area contributed by atoms with E-state index in [1.165, 1.54) is 16.4 Å². The van der Waals surface area contributed by atoms with E-state index in [-0.39, 0.29) is 28.7 Å². The van der Waals surface area contributed by atoms with Crippen LogP contribution in [0, 0.1) is 0 Å². The Kier molecular flexibility index (Phi) is 4.71. The van der Waals surface area contributed by atoms with E-state index >= 15 is 0 Å². The van der Waals surface area contributed by atoms with Crippen LogP contribution < -0.4 is 0 Å². The van der Waals surface area contributed by atoms with Gasteiger partial charge in [0.1, 0.15) is 4.90 Å². The first-order valence-electron chi connectivity index (χ1n) is 6.39. The molecule has 0 spiro atoms. The van der Waals surface area contributed by atoms with E-state index in [4.69, 9.17) is 21.4 Å². The van der Waals surface area contributed by atoms with Gasteiger partial charge in [0, 0.05) is 13.1 Å². The van der Waals surface area contributed by atoms with Crippen LogP contribution in [0.15, 0.2) is 23.1 Å². The Labute approximate surface area is 124 Å². The van der Waals surface area contributed by atoms with Crippen LogP contribution in [0.1, 0.15) is 19.4 Å². The molecule has 1 fully saturated rings. The molecule has 2 rings (SSSR count). The van der Waals surface area contributed by atoms with Crippen molar-refractivity contribution in [2.24, 2.45) is 0 Å². The Balaban J connectivity index is 2.39. The predicted molar refractivity (Wildman–Crippen MR) is 76.1 cm³/mol. The highest BCUT2D eigenvalue weighted by molar-refractivity contribution is 7.89. The maximum atomic E-state index is 12.7. The lowest BCUT2D eigenvalue weighted by atomic mass is 10.2. The Morgan fingerprint density at radius 3 is 2.50 bits per heavy atom. The summed E-state index contributed by atoms with van der Waals surface area (Å²) in [7, 11) is -3.68. The zero-order valence-electron chi connectivity index (χ0n) is 11.4. The van der Waals surface area contributed by atoms with Crippen LogP contribution in [0.4, 0.5) is 0 Å². The SMILES string of the molecule is C[C@@H]1CN(S(=O)(=O)c2cc(CO)ccc2Cl)C[C@H](C)O1. The minimum absolute atomic E-state index is 0.0343. The Hall–Kier alpha value is -0.660. The molecule has 0 saturated carbocycles. The van der Waals surface area contributed by atoms with Crippen molar-refractivity contribution in [1.82, 2.24) is 4.31 Å². The summed E-state index contributed by atoms with van der Waals surface area (Å²) in [6.07, 6.45) is -0.318. The van der Waals surface area contributed by atoms with Gasteiger partial charge in [0.05, 0.1) is 23.8 Å². The van der Waals surface area contributed by atoms with Crippen molar-refractivity contribution in [2.75, 3.05) is 13.1 Å². The molecule has 1 aromatic carbocycles. The van der Waals surface area contributed by atoms with Crippen LogP contribution in [0.3, 0.4) is 0 Å². The molecule has 20 heavy (non-hydrogen) atoms. The second-order valence-electron chi connectivity index (χ2n) is 5.00. The molecule has 1 aliphatic rings. The van der Waals surface area contributed by atoms with Gasteiger partial charge < -0.3 is 9.84 Å². The van der Waals surface area contributed by atoms with Crippen molar-refractivity contribution >= 4 is 21.6 Å². The summed E-state index contributed by atoms with van der Waals surface area (Å²) in [5.74, 6) is 0. The van der Waals surface area contributed by atoms with Gasteiger partial charge >= 0.3 is 0 Å². The molecule has 0 bridgehead atoms. The molecule has 0 radical (unpaired) electrons. The van der Waals surface area contributed by atoms with Crippen LogP contribution in [-0.4, -0.2) is 43.1 Å². The Morgan fingerprint density at radius 2 is 1.95 bits per heavy atom. The molecule has 7 heteroatoms. The lowest BCUT2D eigenvalue weighted by molar-refractivity contribution is -0.0440. The minimum Gasteiger partial charge on any atom is -0.392 e. The van der Waals surface area contributed by atoms with Gasteiger partial charge in [-0.15, -0.1) is 0 Å². The first-order chi connectivity index (χ1) is 9.34. The van der Waals surface area contributed by atoms with Crippen molar-refractivity contribution in [3.8, 4) is 0 Å². The maximum Gasteiger partial charge on any atom is 0.244 e. The van der Waals surface area contributed by atoms with Crippen LogP contribution in [-0.2, 0) is 21.4 Å². The molecular weight excluding hydrogens is 302 g/mol. The average Bonchev–Trinajstić information content (AvgIpc) is 2.38. The molecule has 1 heterocycles. The molecular formula is C13H18ClNO4S. The fraction of sp³-hybridized carbons (Fsp3) is 0.538. The van der Waals surface area contributed by atoms with Gasteiger partial charge in [-0.05, 0) is 31.5 Å². The molecule has 2 atom stereocenters. The fourth-order valence-corrected chi connectivity index (χ4v) is 4.43. The van der Waals surface area contributed by atoms with E-state index < -0.39 is 10.0 Å². The van der Waals surface area contributed by atoms with Gasteiger partial charge in [0.2, 0.25) is 10.0 Å². The number of nitrogens with zero attached hydrogens (tertiary/aromatic N) is 1. The summed E-state index contributed by atoms with van der Waals surface area (Å²) in [6.45, 7) is 4.04. The van der Waals surface area contributed by atoms with Gasteiger partial charge in [-0.25, -0.2) is 8.42 Å². The number of ether oxygens (including phenoxy) is 1. The first-order valence-corrected chi connectivity index (χ1v) is 8.21. The second kappa shape index (κ2) is 5.99. The lowest BCUT2D eigenvalue weighted by Crippen LogP contribution is -2.48. The summed E-state index contributed by atoms with van der Waals surface area (Å²) in [5.41, 5.74) is 0.516. The van der Waals surface area contributed by atoms with Crippen LogP contribution in [0.5, 0.6) is 0 Å². The zero-order chi connectivity index (χ0) is 14.9. The van der Waals surface area contributed by atoms with Crippen LogP contribution in [0.2, 0.25) is 5.02 Å². The quantitative estimate of drug-likeness (QED) is 0.919. The number of aliphatic hydroxyl groups excluding tert-OH is 1. The third-order valence-electron chi connectivity index (χ3n) is 3.18. The first kappa shape index (κ1) is 15.7. The number of hydrogen-bond donors (Lipinski definition) is 1. The summed E-state index contributed by atoms with van der Waals surface area (Å²) in [5, 5.41) is 9.30. The highest BCUT2D eigenvalue weighted by Gasteiger charge is 2.33. The van der Waals surface area contributed by atoms with Crippen molar-refractivity contribution < 1.29 is 18.3 Å². The third-order valence-corrected chi connectivity index (χ3v) is 5.50. The molecule has 1 aliphatic heterocycles. The van der Waals surface area contributed by atoms with Crippen LogP contribution >= 0.6 is 11.6 Å². The van der Waals surface area contributed by atoms with Gasteiger partial charge in [-0.3, -0.25) is 0 Å². The van der Waals surface area contributed by atoms with Gasteiger partial charge in [-0.2, -0.15) is 4.31 Å². The topological polar surface area (TPSA) is 66.8 Å². The number of hydrogen-bond acceptors (Lipinski definition) is 4. The van der Waals surface area contributed by atoms with Crippen molar-refractivity contribution in [3.63, 3.8) is 0 Å². The minimum atomic E-state index is -3.68. The molecule has 0 aliphatic carbocycles. The van der Waals surface area contributed by atoms with E-state index in [2.05, 4.69) is 0 Å². The molecule has 0 aromatic heterocycles. The average molecular weight is 320 g/mol. The van der Waals surface area contributed by atoms with E-state index in [0.717, 1.165) is 0 Å². The summed E-state index contributed by atoms with van der Waals surface area (Å²) >= 11 is 6.01. The monoisotopic (exact) mass is 319 g/mol. The molecule has 1 aromatic rings. The van der Waals surface area contributed by atoms with Crippen molar-refractivity contribution in [1.29, 1.82) is 0 Å². The van der Waals surface area contributed by atoms with Gasteiger partial charge in [-0.1, -0.05) is 17.7 Å². The largest absolute Gasteiger partial charge is 0.392 e. The second-order valence-corrected chi connectivity index (χ2v) is 7.32. The summed E-state index contributed by atoms with van der Waals surface area (Å²) in [4.78, 5) is 0.0343.